The molecule has 7 heteroatoms. The van der Waals surface area contributed by atoms with Crippen molar-refractivity contribution in [2.45, 2.75) is 24.4 Å². The Morgan fingerprint density at radius 1 is 1.50 bits per heavy atom. The first kappa shape index (κ1) is 16.8. The lowest BCUT2D eigenvalue weighted by atomic mass is 10.2. The van der Waals surface area contributed by atoms with Crippen molar-refractivity contribution in [1.29, 1.82) is 0 Å². The number of nitrogens with zero attached hydrogens (tertiary/aromatic N) is 1. The third-order valence-corrected chi connectivity index (χ3v) is 4.04. The molecule has 110 valence electrons. The zero-order chi connectivity index (χ0) is 15.0. The second kappa shape index (κ2) is 8.86. The summed E-state index contributed by atoms with van der Waals surface area (Å²) in [5, 5.41) is 12.3. The zero-order valence-electron chi connectivity index (χ0n) is 11.5. The number of carboxylic acids is 1. The molecular formula is C13H18N2O3S2. The van der Waals surface area contributed by atoms with Crippen LogP contribution in [0.2, 0.25) is 0 Å². The lowest BCUT2D eigenvalue weighted by Crippen LogP contribution is -2.41. The Labute approximate surface area is 126 Å². The van der Waals surface area contributed by atoms with Gasteiger partial charge in [0.05, 0.1) is 5.56 Å². The summed E-state index contributed by atoms with van der Waals surface area (Å²) in [4.78, 5) is 27.5. The molecule has 0 bridgehead atoms. The predicted octanol–water partition coefficient (Wildman–Crippen LogP) is 2.13. The number of carbonyl (C=O) groups is 2. The minimum absolute atomic E-state index is 0.387. The van der Waals surface area contributed by atoms with Crippen LogP contribution in [0.5, 0.6) is 0 Å². The molecule has 0 fully saturated rings. The largest absolute Gasteiger partial charge is 0.480 e. The highest BCUT2D eigenvalue weighted by molar-refractivity contribution is 7.99. The van der Waals surface area contributed by atoms with E-state index in [0.717, 1.165) is 5.75 Å². The van der Waals surface area contributed by atoms with Gasteiger partial charge in [-0.05, 0) is 36.3 Å². The van der Waals surface area contributed by atoms with E-state index in [-0.39, 0.29) is 5.91 Å². The maximum absolute atomic E-state index is 12.2. The van der Waals surface area contributed by atoms with Crippen molar-refractivity contribution < 1.29 is 14.7 Å². The number of hydrogen-bond donors (Lipinski definition) is 2. The van der Waals surface area contributed by atoms with Crippen molar-refractivity contribution in [3.05, 3.63) is 23.9 Å². The topological polar surface area (TPSA) is 79.3 Å². The summed E-state index contributed by atoms with van der Waals surface area (Å²) in [5.41, 5.74) is 0.426. The van der Waals surface area contributed by atoms with Crippen molar-refractivity contribution >= 4 is 35.4 Å². The average molecular weight is 314 g/mol. The Morgan fingerprint density at radius 2 is 2.25 bits per heavy atom. The second-order valence-corrected chi connectivity index (χ2v) is 6.17. The number of pyridine rings is 1. The number of carboxylic acid groups (broad SMARTS) is 1. The van der Waals surface area contributed by atoms with Crippen molar-refractivity contribution in [3.8, 4) is 0 Å². The van der Waals surface area contributed by atoms with E-state index in [1.54, 1.807) is 30.1 Å². The number of amides is 1. The van der Waals surface area contributed by atoms with Gasteiger partial charge in [0.2, 0.25) is 0 Å². The number of carbonyl (C=O) groups excluding carboxylic acids is 1. The normalized spacial score (nSPS) is 11.9. The van der Waals surface area contributed by atoms with Gasteiger partial charge >= 0.3 is 5.97 Å². The Balaban J connectivity index is 2.80. The fourth-order valence-electron chi connectivity index (χ4n) is 1.54. The number of rotatable bonds is 8. The molecule has 0 radical (unpaired) electrons. The van der Waals surface area contributed by atoms with Crippen LogP contribution in [0.25, 0.3) is 0 Å². The second-order valence-electron chi connectivity index (χ2n) is 3.93. The van der Waals surface area contributed by atoms with Gasteiger partial charge in [-0.3, -0.25) is 4.79 Å². The van der Waals surface area contributed by atoms with Crippen molar-refractivity contribution in [2.75, 3.05) is 17.8 Å². The molecule has 1 aromatic rings. The maximum Gasteiger partial charge on any atom is 0.326 e. The van der Waals surface area contributed by atoms with Gasteiger partial charge in [-0.2, -0.15) is 11.8 Å². The molecule has 0 aliphatic carbocycles. The van der Waals surface area contributed by atoms with E-state index >= 15 is 0 Å². The molecule has 1 rings (SSSR count). The van der Waals surface area contributed by atoms with E-state index in [1.165, 1.54) is 11.8 Å². The third kappa shape index (κ3) is 5.05. The van der Waals surface area contributed by atoms with Crippen LogP contribution in [0.1, 0.15) is 23.7 Å². The molecule has 1 unspecified atom stereocenters. The van der Waals surface area contributed by atoms with E-state index in [0.29, 0.717) is 22.8 Å². The lowest BCUT2D eigenvalue weighted by molar-refractivity contribution is -0.139. The summed E-state index contributed by atoms with van der Waals surface area (Å²) < 4.78 is 0. The lowest BCUT2D eigenvalue weighted by Gasteiger charge is -2.15. The Kier molecular flexibility index (Phi) is 7.46. The van der Waals surface area contributed by atoms with E-state index in [4.69, 9.17) is 5.11 Å². The Morgan fingerprint density at radius 3 is 2.85 bits per heavy atom. The first-order chi connectivity index (χ1) is 9.60. The van der Waals surface area contributed by atoms with Crippen LogP contribution in [0.4, 0.5) is 0 Å². The molecule has 1 atom stereocenters. The van der Waals surface area contributed by atoms with Crippen LogP contribution in [0.3, 0.4) is 0 Å². The minimum Gasteiger partial charge on any atom is -0.480 e. The van der Waals surface area contributed by atoms with Crippen LogP contribution in [0, 0.1) is 0 Å². The number of aliphatic carboxylic acids is 1. The van der Waals surface area contributed by atoms with Crippen LogP contribution >= 0.6 is 23.5 Å². The van der Waals surface area contributed by atoms with Gasteiger partial charge < -0.3 is 10.4 Å². The molecule has 0 saturated heterocycles. The summed E-state index contributed by atoms with van der Waals surface area (Å²) >= 11 is 3.01. The quantitative estimate of drug-likeness (QED) is 0.716. The van der Waals surface area contributed by atoms with E-state index in [1.807, 2.05) is 13.2 Å². The highest BCUT2D eigenvalue weighted by Gasteiger charge is 2.21. The first-order valence-electron chi connectivity index (χ1n) is 6.20. The van der Waals surface area contributed by atoms with Gasteiger partial charge in [0.15, 0.2) is 0 Å². The molecule has 0 saturated carbocycles. The molecular weight excluding hydrogens is 296 g/mol. The number of thioether (sulfide) groups is 2. The number of nitrogens with one attached hydrogen (secondary N) is 1. The summed E-state index contributed by atoms with van der Waals surface area (Å²) in [5.74, 6) is 0.0796. The molecule has 1 heterocycles. The first-order valence-corrected chi connectivity index (χ1v) is 8.58. The van der Waals surface area contributed by atoms with E-state index < -0.39 is 12.0 Å². The summed E-state index contributed by atoms with van der Waals surface area (Å²) in [7, 11) is 0. The van der Waals surface area contributed by atoms with Crippen molar-refractivity contribution in [1.82, 2.24) is 10.3 Å². The van der Waals surface area contributed by atoms with E-state index in [9.17, 15) is 9.59 Å². The highest BCUT2D eigenvalue weighted by Crippen LogP contribution is 2.19. The molecule has 20 heavy (non-hydrogen) atoms. The van der Waals surface area contributed by atoms with Crippen LogP contribution in [-0.4, -0.2) is 45.8 Å². The fourth-order valence-corrected chi connectivity index (χ4v) is 2.74. The van der Waals surface area contributed by atoms with Crippen LogP contribution < -0.4 is 5.32 Å². The molecule has 0 aromatic carbocycles. The Bertz CT molecular complexity index is 469. The maximum atomic E-state index is 12.2. The fraction of sp³-hybridized carbons (Fsp3) is 0.462. The number of hydrogen-bond acceptors (Lipinski definition) is 5. The zero-order valence-corrected chi connectivity index (χ0v) is 13.1. The van der Waals surface area contributed by atoms with Gasteiger partial charge in [-0.15, -0.1) is 11.8 Å². The molecule has 2 N–H and O–H groups in total. The Hall–Kier alpha value is -1.21. The molecule has 5 nitrogen and oxygen atoms in total. The van der Waals surface area contributed by atoms with Gasteiger partial charge in [-0.25, -0.2) is 9.78 Å². The smallest absolute Gasteiger partial charge is 0.326 e. The van der Waals surface area contributed by atoms with Crippen LogP contribution in [0.15, 0.2) is 23.4 Å². The molecule has 1 aromatic heterocycles. The third-order valence-electron chi connectivity index (χ3n) is 2.51. The standard InChI is InChI=1S/C13H18N2O3S2/c1-3-20-12-9(5-4-7-14-12)11(16)15-10(13(17)18)6-8-19-2/h4-5,7,10H,3,6,8H2,1-2H3,(H,15,16)(H,17,18). The van der Waals surface area contributed by atoms with Gasteiger partial charge in [0.1, 0.15) is 11.1 Å². The van der Waals surface area contributed by atoms with Gasteiger partial charge in [0.25, 0.3) is 5.91 Å². The SMILES string of the molecule is CCSc1ncccc1C(=O)NC(CCSC)C(=O)O. The summed E-state index contributed by atoms with van der Waals surface area (Å²) in [6.45, 7) is 1.97. The van der Waals surface area contributed by atoms with Gasteiger partial charge in [0, 0.05) is 6.20 Å². The van der Waals surface area contributed by atoms with E-state index in [2.05, 4.69) is 10.3 Å². The molecule has 0 spiro atoms. The molecule has 0 aliphatic rings. The number of aromatic nitrogens is 1. The highest BCUT2D eigenvalue weighted by atomic mass is 32.2. The van der Waals surface area contributed by atoms with Crippen LogP contribution in [-0.2, 0) is 4.79 Å². The summed E-state index contributed by atoms with van der Waals surface area (Å²) in [6.07, 6.45) is 3.92. The minimum atomic E-state index is -1.01. The van der Waals surface area contributed by atoms with Gasteiger partial charge in [-0.1, -0.05) is 6.92 Å². The van der Waals surface area contributed by atoms with Crippen molar-refractivity contribution in [2.24, 2.45) is 0 Å². The molecule has 1 amide bonds. The average Bonchev–Trinajstić information content (AvgIpc) is 2.43. The monoisotopic (exact) mass is 314 g/mol. The van der Waals surface area contributed by atoms with Crippen molar-refractivity contribution in [3.63, 3.8) is 0 Å². The molecule has 0 aliphatic heterocycles. The predicted molar refractivity (Wildman–Crippen MR) is 82.5 cm³/mol. The summed E-state index contributed by atoms with van der Waals surface area (Å²) in [6, 6.07) is 2.47.